The number of likely N-dealkylation sites (tertiary alicyclic amines) is 1. The Morgan fingerprint density at radius 2 is 2.12 bits per heavy atom. The molecule has 0 spiro atoms. The Hall–Kier alpha value is -2.18. The van der Waals surface area contributed by atoms with Crippen molar-refractivity contribution >= 4 is 27.3 Å². The van der Waals surface area contributed by atoms with Crippen molar-refractivity contribution in [2.45, 2.75) is 18.9 Å². The van der Waals surface area contributed by atoms with Crippen LogP contribution in [0, 0.1) is 5.82 Å². The summed E-state index contributed by atoms with van der Waals surface area (Å²) >= 11 is 1.31. The summed E-state index contributed by atoms with van der Waals surface area (Å²) in [5.41, 5.74) is 0. The Kier molecular flexibility index (Phi) is 4.55. The van der Waals surface area contributed by atoms with Crippen LogP contribution in [-0.4, -0.2) is 30.4 Å². The number of hydrogen-bond donors (Lipinski definition) is 1. The number of thiophene rings is 1. The van der Waals surface area contributed by atoms with Gasteiger partial charge >= 0.3 is 0 Å². The number of benzene rings is 1. The van der Waals surface area contributed by atoms with Crippen LogP contribution in [0.3, 0.4) is 0 Å². The molecule has 1 atom stereocenters. The van der Waals surface area contributed by atoms with Crippen molar-refractivity contribution in [3.8, 4) is 0 Å². The van der Waals surface area contributed by atoms with Gasteiger partial charge in [0, 0.05) is 16.6 Å². The molecule has 3 heterocycles. The SMILES string of the molecule is O=C(NCC(c1ccco1)N1CCCC1)c1cc2c(F)cccc2s1. The molecule has 0 saturated carbocycles. The lowest BCUT2D eigenvalue weighted by Crippen LogP contribution is -2.36. The van der Waals surface area contributed by atoms with Crippen LogP contribution >= 0.6 is 11.3 Å². The molecule has 3 aromatic rings. The molecule has 1 amide bonds. The first kappa shape index (κ1) is 16.3. The molecule has 0 aliphatic carbocycles. The van der Waals surface area contributed by atoms with Crippen LogP contribution in [-0.2, 0) is 0 Å². The highest BCUT2D eigenvalue weighted by Gasteiger charge is 2.26. The number of amides is 1. The average Bonchev–Trinajstić information content (AvgIpc) is 3.36. The Morgan fingerprint density at radius 1 is 1.28 bits per heavy atom. The van der Waals surface area contributed by atoms with Gasteiger partial charge in [0.05, 0.1) is 17.2 Å². The molecule has 0 radical (unpaired) electrons. The fourth-order valence-electron chi connectivity index (χ4n) is 3.36. The lowest BCUT2D eigenvalue weighted by Gasteiger charge is -2.25. The Bertz CT molecular complexity index is 869. The van der Waals surface area contributed by atoms with E-state index in [1.165, 1.54) is 30.2 Å². The van der Waals surface area contributed by atoms with Crippen molar-refractivity contribution in [3.05, 3.63) is 59.1 Å². The quantitative estimate of drug-likeness (QED) is 0.743. The second kappa shape index (κ2) is 6.98. The minimum absolute atomic E-state index is 0.0348. The molecule has 25 heavy (non-hydrogen) atoms. The van der Waals surface area contributed by atoms with Crippen LogP contribution < -0.4 is 5.32 Å². The number of halogens is 1. The van der Waals surface area contributed by atoms with E-state index in [1.54, 1.807) is 18.4 Å². The first-order valence-electron chi connectivity index (χ1n) is 8.46. The molecule has 1 aliphatic rings. The molecule has 1 fully saturated rings. The van der Waals surface area contributed by atoms with E-state index >= 15 is 0 Å². The zero-order valence-corrected chi connectivity index (χ0v) is 14.5. The monoisotopic (exact) mass is 358 g/mol. The van der Waals surface area contributed by atoms with Crippen LogP contribution in [0.5, 0.6) is 0 Å². The van der Waals surface area contributed by atoms with Gasteiger partial charge in [0.2, 0.25) is 0 Å². The van der Waals surface area contributed by atoms with E-state index in [2.05, 4.69) is 10.2 Å². The molecule has 4 nitrogen and oxygen atoms in total. The highest BCUT2D eigenvalue weighted by Crippen LogP contribution is 2.28. The second-order valence-corrected chi connectivity index (χ2v) is 7.33. The van der Waals surface area contributed by atoms with Crippen LogP contribution in [0.1, 0.15) is 34.3 Å². The van der Waals surface area contributed by atoms with E-state index in [4.69, 9.17) is 4.42 Å². The predicted octanol–water partition coefficient (Wildman–Crippen LogP) is 4.20. The number of fused-ring (bicyclic) bond motifs is 1. The summed E-state index contributed by atoms with van der Waals surface area (Å²) < 4.78 is 20.2. The summed E-state index contributed by atoms with van der Waals surface area (Å²) in [6.45, 7) is 2.49. The summed E-state index contributed by atoms with van der Waals surface area (Å²) in [4.78, 5) is 15.4. The molecule has 1 aromatic carbocycles. The van der Waals surface area contributed by atoms with Crippen molar-refractivity contribution in [3.63, 3.8) is 0 Å². The van der Waals surface area contributed by atoms with Crippen molar-refractivity contribution in [2.24, 2.45) is 0 Å². The molecule has 6 heteroatoms. The highest BCUT2D eigenvalue weighted by molar-refractivity contribution is 7.20. The van der Waals surface area contributed by atoms with Gasteiger partial charge in [0.25, 0.3) is 5.91 Å². The van der Waals surface area contributed by atoms with Gasteiger partial charge in [0.1, 0.15) is 11.6 Å². The smallest absolute Gasteiger partial charge is 0.261 e. The third-order valence-electron chi connectivity index (χ3n) is 4.64. The van der Waals surface area contributed by atoms with E-state index in [0.717, 1.165) is 23.5 Å². The van der Waals surface area contributed by atoms with Crippen LogP contribution in [0.2, 0.25) is 0 Å². The lowest BCUT2D eigenvalue weighted by atomic mass is 10.2. The number of carbonyl (C=O) groups is 1. The maximum absolute atomic E-state index is 13.8. The maximum Gasteiger partial charge on any atom is 0.261 e. The molecule has 4 rings (SSSR count). The van der Waals surface area contributed by atoms with Gasteiger partial charge in [-0.25, -0.2) is 4.39 Å². The number of hydrogen-bond acceptors (Lipinski definition) is 4. The van der Waals surface area contributed by atoms with Gasteiger partial charge in [0.15, 0.2) is 0 Å². The first-order valence-corrected chi connectivity index (χ1v) is 9.28. The molecule has 130 valence electrons. The second-order valence-electron chi connectivity index (χ2n) is 6.25. The van der Waals surface area contributed by atoms with Crippen LogP contribution in [0.15, 0.2) is 47.1 Å². The maximum atomic E-state index is 13.8. The number of nitrogens with zero attached hydrogens (tertiary/aromatic N) is 1. The third kappa shape index (κ3) is 3.32. The molecule has 0 bridgehead atoms. The molecule has 1 unspecified atom stereocenters. The lowest BCUT2D eigenvalue weighted by molar-refractivity contribution is 0.0938. The van der Waals surface area contributed by atoms with E-state index < -0.39 is 0 Å². The summed E-state index contributed by atoms with van der Waals surface area (Å²) in [5, 5.41) is 3.49. The van der Waals surface area contributed by atoms with Crippen LogP contribution in [0.4, 0.5) is 4.39 Å². The number of rotatable bonds is 5. The number of nitrogens with one attached hydrogen (secondary N) is 1. The summed E-state index contributed by atoms with van der Waals surface area (Å²) in [7, 11) is 0. The average molecular weight is 358 g/mol. The van der Waals surface area contributed by atoms with Crippen molar-refractivity contribution in [1.29, 1.82) is 0 Å². The van der Waals surface area contributed by atoms with E-state index in [1.807, 2.05) is 18.2 Å². The highest BCUT2D eigenvalue weighted by atomic mass is 32.1. The Balaban J connectivity index is 1.49. The Morgan fingerprint density at radius 3 is 2.84 bits per heavy atom. The van der Waals surface area contributed by atoms with Crippen molar-refractivity contribution in [2.75, 3.05) is 19.6 Å². The summed E-state index contributed by atoms with van der Waals surface area (Å²) in [6, 6.07) is 10.4. The molecular weight excluding hydrogens is 339 g/mol. The fourth-order valence-corrected chi connectivity index (χ4v) is 4.35. The van der Waals surface area contributed by atoms with Gasteiger partial charge in [-0.2, -0.15) is 0 Å². The van der Waals surface area contributed by atoms with E-state index in [0.29, 0.717) is 16.8 Å². The zero-order chi connectivity index (χ0) is 17.2. The van der Waals surface area contributed by atoms with Crippen molar-refractivity contribution < 1.29 is 13.6 Å². The molecule has 2 aromatic heterocycles. The summed E-state index contributed by atoms with van der Waals surface area (Å²) in [6.07, 6.45) is 4.00. The first-order chi connectivity index (χ1) is 12.2. The minimum atomic E-state index is -0.293. The predicted molar refractivity (Wildman–Crippen MR) is 96.4 cm³/mol. The number of carbonyl (C=O) groups excluding carboxylic acids is 1. The third-order valence-corrected chi connectivity index (χ3v) is 5.74. The number of furan rings is 1. The van der Waals surface area contributed by atoms with Gasteiger partial charge in [-0.1, -0.05) is 6.07 Å². The zero-order valence-electron chi connectivity index (χ0n) is 13.7. The standard InChI is InChI=1S/C19H19FN2O2S/c20-14-5-3-7-17-13(14)11-18(25-17)19(23)21-12-15(16-6-4-10-24-16)22-8-1-2-9-22/h3-7,10-11,15H,1-2,8-9,12H2,(H,21,23). The van der Waals surface area contributed by atoms with Gasteiger partial charge in [-0.15, -0.1) is 11.3 Å². The topological polar surface area (TPSA) is 45.5 Å². The van der Waals surface area contributed by atoms with E-state index in [-0.39, 0.29) is 17.8 Å². The van der Waals surface area contributed by atoms with Gasteiger partial charge in [-0.3, -0.25) is 9.69 Å². The van der Waals surface area contributed by atoms with Gasteiger partial charge < -0.3 is 9.73 Å². The molecule has 1 aliphatic heterocycles. The van der Waals surface area contributed by atoms with Gasteiger partial charge in [-0.05, 0) is 56.3 Å². The molecule has 1 saturated heterocycles. The largest absolute Gasteiger partial charge is 0.468 e. The van der Waals surface area contributed by atoms with Crippen LogP contribution in [0.25, 0.3) is 10.1 Å². The van der Waals surface area contributed by atoms with Crippen molar-refractivity contribution in [1.82, 2.24) is 10.2 Å². The normalized spacial score (nSPS) is 16.4. The summed E-state index contributed by atoms with van der Waals surface area (Å²) in [5.74, 6) is 0.402. The minimum Gasteiger partial charge on any atom is -0.468 e. The molecule has 1 N–H and O–H groups in total. The Labute approximate surface area is 149 Å². The van der Waals surface area contributed by atoms with E-state index in [9.17, 15) is 9.18 Å². The molecular formula is C19H19FN2O2S. The fraction of sp³-hybridized carbons (Fsp3) is 0.316.